The molecule has 37 heavy (non-hydrogen) atoms. The first kappa shape index (κ1) is 26.3. The Kier molecular flexibility index (Phi) is 8.20. The van der Waals surface area contributed by atoms with Gasteiger partial charge in [-0.25, -0.2) is 4.98 Å². The summed E-state index contributed by atoms with van der Waals surface area (Å²) in [7, 11) is 1.39. The number of ether oxygens (including phenoxy) is 2. The van der Waals surface area contributed by atoms with E-state index in [0.29, 0.717) is 33.7 Å². The molecule has 0 unspecified atom stereocenters. The Hall–Kier alpha value is -3.76. The number of nitrogens with zero attached hydrogens (tertiary/aromatic N) is 4. The molecule has 0 saturated carbocycles. The molecule has 0 aliphatic heterocycles. The van der Waals surface area contributed by atoms with Gasteiger partial charge in [-0.15, -0.1) is 0 Å². The first-order valence-corrected chi connectivity index (χ1v) is 12.5. The number of aromatic nitrogens is 2. The molecule has 9 nitrogen and oxygen atoms in total. The molecule has 0 amide bonds. The van der Waals surface area contributed by atoms with Gasteiger partial charge in [0.25, 0.3) is 5.56 Å². The minimum atomic E-state index is -0.555. The molecule has 0 radical (unpaired) electrons. The van der Waals surface area contributed by atoms with E-state index in [0.717, 1.165) is 16.5 Å². The number of fused-ring (bicyclic) bond motifs is 1. The molecule has 4 aromatic rings. The second kappa shape index (κ2) is 11.5. The van der Waals surface area contributed by atoms with Crippen molar-refractivity contribution in [3.8, 4) is 11.5 Å². The molecular weight excluding hydrogens is 564 g/mol. The average Bonchev–Trinajstić information content (AvgIpc) is 2.88. The zero-order valence-corrected chi connectivity index (χ0v) is 22.3. The van der Waals surface area contributed by atoms with Crippen LogP contribution in [-0.2, 0) is 13.0 Å². The van der Waals surface area contributed by atoms with Gasteiger partial charge < -0.3 is 9.47 Å². The maximum absolute atomic E-state index is 13.2. The van der Waals surface area contributed by atoms with E-state index in [1.165, 1.54) is 24.1 Å². The van der Waals surface area contributed by atoms with E-state index in [-0.39, 0.29) is 29.4 Å². The van der Waals surface area contributed by atoms with Crippen LogP contribution in [0.3, 0.4) is 0 Å². The quantitative estimate of drug-likeness (QED) is 0.133. The lowest BCUT2D eigenvalue weighted by atomic mass is 10.1. The Morgan fingerprint density at radius 1 is 1.19 bits per heavy atom. The van der Waals surface area contributed by atoms with Gasteiger partial charge in [-0.3, -0.25) is 14.9 Å². The summed E-state index contributed by atoms with van der Waals surface area (Å²) in [5.41, 5.74) is 1.07. The number of hydrogen-bond donors (Lipinski definition) is 0. The Bertz CT molecular complexity index is 1550. The van der Waals surface area contributed by atoms with Crippen molar-refractivity contribution in [2.75, 3.05) is 7.11 Å². The first-order valence-electron chi connectivity index (χ1n) is 11.3. The topological polar surface area (TPSA) is 109 Å². The van der Waals surface area contributed by atoms with Crippen molar-refractivity contribution in [1.82, 2.24) is 9.66 Å². The summed E-state index contributed by atoms with van der Waals surface area (Å²) in [6, 6.07) is 15.1. The summed E-state index contributed by atoms with van der Waals surface area (Å²) in [6.07, 6.45) is 2.65. The molecule has 0 atom stereocenters. The third kappa shape index (κ3) is 5.98. The summed E-state index contributed by atoms with van der Waals surface area (Å²) in [5, 5.41) is 17.2. The second-order valence-electron chi connectivity index (χ2n) is 8.04. The normalized spacial score (nSPS) is 11.2. The predicted octanol–water partition coefficient (Wildman–Crippen LogP) is 6.14. The van der Waals surface area contributed by atoms with E-state index in [4.69, 9.17) is 21.1 Å². The molecule has 0 aliphatic carbocycles. The number of rotatable bonds is 9. The predicted molar refractivity (Wildman–Crippen MR) is 146 cm³/mol. The van der Waals surface area contributed by atoms with Gasteiger partial charge in [0.15, 0.2) is 5.75 Å². The lowest BCUT2D eigenvalue weighted by molar-refractivity contribution is -0.386. The second-order valence-corrected chi connectivity index (χ2v) is 9.40. The monoisotopic (exact) mass is 584 g/mol. The minimum Gasteiger partial charge on any atom is -0.493 e. The maximum Gasteiger partial charge on any atom is 0.315 e. The molecule has 4 rings (SSSR count). The lowest BCUT2D eigenvalue weighted by Crippen LogP contribution is -2.22. The third-order valence-corrected chi connectivity index (χ3v) is 6.19. The number of aryl methyl sites for hydroxylation is 1. The van der Waals surface area contributed by atoms with Crippen LogP contribution in [-0.4, -0.2) is 27.9 Å². The largest absolute Gasteiger partial charge is 0.493 e. The lowest BCUT2D eigenvalue weighted by Gasteiger charge is -2.12. The first-order chi connectivity index (χ1) is 17.8. The van der Waals surface area contributed by atoms with Crippen molar-refractivity contribution in [2.45, 2.75) is 26.4 Å². The van der Waals surface area contributed by atoms with Gasteiger partial charge in [-0.05, 0) is 48.4 Å². The zero-order valence-electron chi connectivity index (χ0n) is 20.0. The van der Waals surface area contributed by atoms with Crippen LogP contribution in [0.4, 0.5) is 5.69 Å². The minimum absolute atomic E-state index is 0.0133. The fourth-order valence-electron chi connectivity index (χ4n) is 3.67. The summed E-state index contributed by atoms with van der Waals surface area (Å²) in [4.78, 5) is 29.1. The number of hydrogen-bond acceptors (Lipinski definition) is 7. The van der Waals surface area contributed by atoms with Crippen molar-refractivity contribution >= 4 is 50.3 Å². The van der Waals surface area contributed by atoms with Crippen molar-refractivity contribution in [3.05, 3.63) is 102 Å². The molecule has 0 spiro atoms. The van der Waals surface area contributed by atoms with Crippen LogP contribution in [0.2, 0.25) is 5.02 Å². The van der Waals surface area contributed by atoms with E-state index in [2.05, 4.69) is 26.0 Å². The maximum atomic E-state index is 13.2. The van der Waals surface area contributed by atoms with Gasteiger partial charge in [0, 0.05) is 27.5 Å². The Labute approximate surface area is 225 Å². The molecular formula is C26H22BrClN4O5. The molecule has 0 bridgehead atoms. The number of benzene rings is 3. The third-order valence-electron chi connectivity index (χ3n) is 5.44. The highest BCUT2D eigenvalue weighted by Gasteiger charge is 2.22. The van der Waals surface area contributed by atoms with Gasteiger partial charge in [0.2, 0.25) is 5.75 Å². The van der Waals surface area contributed by atoms with E-state index < -0.39 is 4.92 Å². The summed E-state index contributed by atoms with van der Waals surface area (Å²) < 4.78 is 13.1. The molecule has 0 fully saturated rings. The standard InChI is InChI=1S/C26H22BrClN4O5/c1-3-4-24-30-21-10-7-18(27)13-20(21)26(33)31(24)29-14-17-11-22(32(34)35)25(23(12-17)36-2)37-15-16-5-8-19(28)9-6-16/h5-14H,3-4,15H2,1-2H3. The average molecular weight is 586 g/mol. The van der Waals surface area contributed by atoms with Crippen molar-refractivity contribution < 1.29 is 14.4 Å². The Morgan fingerprint density at radius 2 is 1.95 bits per heavy atom. The molecule has 3 aromatic carbocycles. The van der Waals surface area contributed by atoms with E-state index in [1.807, 2.05) is 13.0 Å². The highest BCUT2D eigenvalue weighted by Crippen LogP contribution is 2.38. The molecule has 1 aromatic heterocycles. The summed E-state index contributed by atoms with van der Waals surface area (Å²) >= 11 is 9.30. The summed E-state index contributed by atoms with van der Waals surface area (Å²) in [6.45, 7) is 2.05. The number of nitro benzene ring substituents is 1. The van der Waals surface area contributed by atoms with Crippen LogP contribution < -0.4 is 15.0 Å². The molecule has 1 heterocycles. The zero-order chi connectivity index (χ0) is 26.5. The fourth-order valence-corrected chi connectivity index (χ4v) is 4.16. The number of nitro groups is 1. The Balaban J connectivity index is 1.73. The molecule has 0 saturated heterocycles. The van der Waals surface area contributed by atoms with Gasteiger partial charge in [0.05, 0.1) is 29.2 Å². The van der Waals surface area contributed by atoms with Crippen LogP contribution >= 0.6 is 27.5 Å². The smallest absolute Gasteiger partial charge is 0.315 e. The molecule has 0 aliphatic rings. The van der Waals surface area contributed by atoms with Gasteiger partial charge in [0.1, 0.15) is 12.4 Å². The van der Waals surface area contributed by atoms with E-state index in [9.17, 15) is 14.9 Å². The van der Waals surface area contributed by atoms with Gasteiger partial charge >= 0.3 is 5.69 Å². The molecule has 190 valence electrons. The van der Waals surface area contributed by atoms with Crippen molar-refractivity contribution in [1.29, 1.82) is 0 Å². The van der Waals surface area contributed by atoms with Crippen LogP contribution in [0.15, 0.2) is 69.0 Å². The highest BCUT2D eigenvalue weighted by molar-refractivity contribution is 9.10. The van der Waals surface area contributed by atoms with E-state index in [1.54, 1.807) is 42.5 Å². The van der Waals surface area contributed by atoms with Gasteiger partial charge in [-0.1, -0.05) is 46.6 Å². The van der Waals surface area contributed by atoms with Gasteiger partial charge in [-0.2, -0.15) is 9.78 Å². The Morgan fingerprint density at radius 3 is 2.62 bits per heavy atom. The number of halogens is 2. The van der Waals surface area contributed by atoms with Crippen LogP contribution in [0.25, 0.3) is 10.9 Å². The molecule has 0 N–H and O–H groups in total. The fraction of sp³-hybridized carbons (Fsp3) is 0.192. The summed E-state index contributed by atoms with van der Waals surface area (Å²) in [5.74, 6) is 0.634. The van der Waals surface area contributed by atoms with Crippen molar-refractivity contribution in [2.24, 2.45) is 5.10 Å². The molecule has 11 heteroatoms. The van der Waals surface area contributed by atoms with E-state index >= 15 is 0 Å². The SMILES string of the molecule is CCCc1nc2ccc(Br)cc2c(=O)n1N=Cc1cc(OC)c(OCc2ccc(Cl)cc2)c([N+](=O)[O-])c1. The van der Waals surface area contributed by atoms with Crippen molar-refractivity contribution in [3.63, 3.8) is 0 Å². The number of methoxy groups -OCH3 is 1. The highest BCUT2D eigenvalue weighted by atomic mass is 79.9. The van der Waals surface area contributed by atoms with Crippen LogP contribution in [0.1, 0.15) is 30.3 Å². The van der Waals surface area contributed by atoms with Crippen LogP contribution in [0.5, 0.6) is 11.5 Å². The van der Waals surface area contributed by atoms with Crippen LogP contribution in [0, 0.1) is 10.1 Å².